The van der Waals surface area contributed by atoms with E-state index in [-0.39, 0.29) is 30.3 Å². The number of nitrogens with two attached hydrogens (primary N) is 1. The average molecular weight is 492 g/mol. The van der Waals surface area contributed by atoms with Crippen LogP contribution in [0.1, 0.15) is 77.5 Å². The van der Waals surface area contributed by atoms with E-state index >= 15 is 0 Å². The van der Waals surface area contributed by atoms with Crippen LogP contribution in [0.4, 0.5) is 0 Å². The van der Waals surface area contributed by atoms with Crippen LogP contribution in [0.2, 0.25) is 0 Å². The molecule has 1 aliphatic heterocycles. The monoisotopic (exact) mass is 491 g/mol. The highest BCUT2D eigenvalue weighted by Gasteiger charge is 2.35. The van der Waals surface area contributed by atoms with Gasteiger partial charge in [0.05, 0.1) is 12.5 Å². The van der Waals surface area contributed by atoms with Gasteiger partial charge in [0.1, 0.15) is 17.4 Å². The predicted octanol–water partition coefficient (Wildman–Crippen LogP) is 5.66. The first kappa shape index (κ1) is 28.4. The number of imidazole rings is 1. The molecule has 36 heavy (non-hydrogen) atoms. The SMILES string of the molecule is CC.CCOC(=O)c1nccn1-c1ccc(C2C(C#N)=C(N)OC(C)=C2C(=NC(C)C)C(C)C)cc1. The van der Waals surface area contributed by atoms with E-state index in [1.165, 1.54) is 0 Å². The molecule has 0 radical (unpaired) electrons. The number of aliphatic imine (C=N–C) groups is 1. The highest BCUT2D eigenvalue weighted by molar-refractivity contribution is 6.04. The normalized spacial score (nSPS) is 15.9. The van der Waals surface area contributed by atoms with E-state index in [1.54, 1.807) is 23.9 Å². The summed E-state index contributed by atoms with van der Waals surface area (Å²) in [4.78, 5) is 21.2. The number of esters is 1. The smallest absolute Gasteiger partial charge is 0.374 e. The highest BCUT2D eigenvalue weighted by Crippen LogP contribution is 2.41. The van der Waals surface area contributed by atoms with Gasteiger partial charge >= 0.3 is 5.97 Å². The van der Waals surface area contributed by atoms with E-state index in [2.05, 4.69) is 24.9 Å². The van der Waals surface area contributed by atoms with Gasteiger partial charge in [-0.05, 0) is 51.3 Å². The summed E-state index contributed by atoms with van der Waals surface area (Å²) in [5, 5.41) is 9.96. The molecule has 3 rings (SSSR count). The van der Waals surface area contributed by atoms with Crippen molar-refractivity contribution in [1.29, 1.82) is 5.26 Å². The quantitative estimate of drug-likeness (QED) is 0.394. The molecule has 0 fully saturated rings. The zero-order valence-corrected chi connectivity index (χ0v) is 22.5. The van der Waals surface area contributed by atoms with Gasteiger partial charge in [0.2, 0.25) is 11.7 Å². The molecule has 192 valence electrons. The van der Waals surface area contributed by atoms with Gasteiger partial charge in [-0.2, -0.15) is 5.26 Å². The highest BCUT2D eigenvalue weighted by atomic mass is 16.5. The molecule has 0 spiro atoms. The van der Waals surface area contributed by atoms with Crippen molar-refractivity contribution < 1.29 is 14.3 Å². The molecule has 2 N–H and O–H groups in total. The Bertz CT molecular complexity index is 1190. The van der Waals surface area contributed by atoms with Gasteiger partial charge in [0.25, 0.3) is 0 Å². The van der Waals surface area contributed by atoms with Gasteiger partial charge in [-0.15, -0.1) is 0 Å². The Kier molecular flexibility index (Phi) is 10.0. The lowest BCUT2D eigenvalue weighted by molar-refractivity contribution is 0.0510. The summed E-state index contributed by atoms with van der Waals surface area (Å²) in [6.07, 6.45) is 3.26. The summed E-state index contributed by atoms with van der Waals surface area (Å²) < 4.78 is 12.6. The Balaban J connectivity index is 0.00000222. The molecule has 1 aromatic carbocycles. The maximum Gasteiger partial charge on any atom is 0.374 e. The molecule has 1 atom stereocenters. The number of nitriles is 1. The average Bonchev–Trinajstić information content (AvgIpc) is 3.34. The van der Waals surface area contributed by atoms with Crippen LogP contribution in [-0.4, -0.2) is 33.9 Å². The van der Waals surface area contributed by atoms with Gasteiger partial charge in [0.15, 0.2) is 0 Å². The number of ether oxygens (including phenoxy) is 2. The maximum atomic E-state index is 12.2. The first-order valence-corrected chi connectivity index (χ1v) is 12.4. The minimum absolute atomic E-state index is 0.0806. The zero-order chi connectivity index (χ0) is 27.0. The van der Waals surface area contributed by atoms with E-state index in [9.17, 15) is 10.1 Å². The number of aromatic nitrogens is 2. The molecule has 0 saturated heterocycles. The Morgan fingerprint density at radius 2 is 1.89 bits per heavy atom. The fourth-order valence-electron chi connectivity index (χ4n) is 4.04. The Hall–Kier alpha value is -3.86. The molecule has 2 aromatic rings. The number of hydrogen-bond donors (Lipinski definition) is 1. The van der Waals surface area contributed by atoms with Gasteiger partial charge < -0.3 is 15.2 Å². The van der Waals surface area contributed by atoms with Crippen LogP contribution in [0.3, 0.4) is 0 Å². The predicted molar refractivity (Wildman–Crippen MR) is 142 cm³/mol. The van der Waals surface area contributed by atoms with E-state index in [1.807, 2.05) is 58.9 Å². The summed E-state index contributed by atoms with van der Waals surface area (Å²) >= 11 is 0. The van der Waals surface area contributed by atoms with Crippen LogP contribution in [0.5, 0.6) is 0 Å². The van der Waals surface area contributed by atoms with Crippen LogP contribution in [0, 0.1) is 17.2 Å². The minimum Gasteiger partial charge on any atom is -0.460 e. The molecule has 8 nitrogen and oxygen atoms in total. The molecule has 1 aliphatic rings. The standard InChI is InChI=1S/C26H31N5O3.C2H6/c1-7-33-26(32)25-29-12-13-31(25)19-10-8-18(9-11-19)22-20(14-27)24(28)34-17(6)21(22)23(15(2)3)30-16(4)5;1-2/h8-13,15-16,22H,7,28H2,1-6H3;1-2H3. The third-order valence-electron chi connectivity index (χ3n) is 5.43. The molecular formula is C28H37N5O3. The molecule has 0 aliphatic carbocycles. The fraction of sp³-hybridized carbons (Fsp3) is 0.429. The zero-order valence-electron chi connectivity index (χ0n) is 22.5. The van der Waals surface area contributed by atoms with Crippen molar-refractivity contribution in [2.45, 2.75) is 67.3 Å². The van der Waals surface area contributed by atoms with Crippen LogP contribution in [-0.2, 0) is 9.47 Å². The second-order valence-electron chi connectivity index (χ2n) is 8.59. The van der Waals surface area contributed by atoms with Crippen molar-refractivity contribution in [3.05, 3.63) is 70.8 Å². The first-order valence-electron chi connectivity index (χ1n) is 12.4. The number of carbonyl (C=O) groups excluding carboxylic acids is 1. The third kappa shape index (κ3) is 6.03. The summed E-state index contributed by atoms with van der Waals surface area (Å²) in [6, 6.07) is 9.92. The summed E-state index contributed by atoms with van der Waals surface area (Å²) in [7, 11) is 0. The number of carbonyl (C=O) groups is 1. The van der Waals surface area contributed by atoms with Crippen molar-refractivity contribution >= 4 is 11.7 Å². The van der Waals surface area contributed by atoms with Crippen LogP contribution in [0.15, 0.2) is 64.4 Å². The van der Waals surface area contributed by atoms with Crippen molar-refractivity contribution in [3.63, 3.8) is 0 Å². The van der Waals surface area contributed by atoms with Crippen LogP contribution in [0.25, 0.3) is 5.69 Å². The maximum absolute atomic E-state index is 12.2. The number of benzene rings is 1. The van der Waals surface area contributed by atoms with Gasteiger partial charge in [-0.1, -0.05) is 39.8 Å². The topological polar surface area (TPSA) is 116 Å². The largest absolute Gasteiger partial charge is 0.460 e. The molecule has 0 amide bonds. The second-order valence-corrected chi connectivity index (χ2v) is 8.59. The first-order chi connectivity index (χ1) is 17.2. The van der Waals surface area contributed by atoms with Crippen molar-refractivity contribution in [2.75, 3.05) is 6.61 Å². The van der Waals surface area contributed by atoms with Crippen molar-refractivity contribution in [1.82, 2.24) is 9.55 Å². The minimum atomic E-state index is -0.490. The summed E-state index contributed by atoms with van der Waals surface area (Å²) in [5.41, 5.74) is 9.84. The molecule has 8 heteroatoms. The Morgan fingerprint density at radius 3 is 2.42 bits per heavy atom. The fourth-order valence-corrected chi connectivity index (χ4v) is 4.04. The Labute approximate surface area is 214 Å². The third-order valence-corrected chi connectivity index (χ3v) is 5.43. The lowest BCUT2D eigenvalue weighted by atomic mass is 9.78. The van der Waals surface area contributed by atoms with E-state index < -0.39 is 11.9 Å². The molecule has 1 aromatic heterocycles. The molecule has 1 unspecified atom stereocenters. The van der Waals surface area contributed by atoms with Crippen LogP contribution < -0.4 is 5.73 Å². The lowest BCUT2D eigenvalue weighted by Crippen LogP contribution is -2.27. The molecule has 0 saturated carbocycles. The number of rotatable bonds is 7. The lowest BCUT2D eigenvalue weighted by Gasteiger charge is -2.30. The van der Waals surface area contributed by atoms with Gasteiger partial charge in [-0.3, -0.25) is 9.56 Å². The van der Waals surface area contributed by atoms with E-state index in [4.69, 9.17) is 20.2 Å². The second kappa shape index (κ2) is 12.7. The van der Waals surface area contributed by atoms with Crippen molar-refractivity contribution in [2.24, 2.45) is 16.6 Å². The summed E-state index contributed by atoms with van der Waals surface area (Å²) in [6.45, 7) is 16.1. The number of nitrogens with zero attached hydrogens (tertiary/aromatic N) is 4. The molecule has 2 heterocycles. The Morgan fingerprint density at radius 1 is 1.25 bits per heavy atom. The number of hydrogen-bond acceptors (Lipinski definition) is 7. The molecular weight excluding hydrogens is 454 g/mol. The van der Waals surface area contributed by atoms with Gasteiger partial charge in [-0.25, -0.2) is 9.78 Å². The molecule has 0 bridgehead atoms. The van der Waals surface area contributed by atoms with E-state index in [0.29, 0.717) is 11.3 Å². The van der Waals surface area contributed by atoms with Crippen LogP contribution >= 0.6 is 0 Å². The van der Waals surface area contributed by atoms with Gasteiger partial charge in [0, 0.05) is 35.4 Å². The van der Waals surface area contributed by atoms with Crippen molar-refractivity contribution in [3.8, 4) is 11.8 Å². The summed E-state index contributed by atoms with van der Waals surface area (Å²) in [5.74, 6) is 0.151. The van der Waals surface area contributed by atoms with E-state index in [0.717, 1.165) is 22.5 Å². The number of allylic oxidation sites excluding steroid dienone is 3.